The second kappa shape index (κ2) is 22.5. The van der Waals surface area contributed by atoms with Gasteiger partial charge in [-0.2, -0.15) is 0 Å². The zero-order chi connectivity index (χ0) is 35.6. The van der Waals surface area contributed by atoms with Crippen LogP contribution in [0, 0.1) is 5.41 Å². The van der Waals surface area contributed by atoms with Crippen LogP contribution in [-0.2, 0) is 5.41 Å². The molecule has 0 radical (unpaired) electrons. The summed E-state index contributed by atoms with van der Waals surface area (Å²) in [6.07, 6.45) is 19.4. The first kappa shape index (κ1) is 44.9. The molecular weight excluding hydrogens is 764 g/mol. The Bertz CT molecular complexity index is 1170. The highest BCUT2D eigenvalue weighted by Gasteiger charge is 2.41. The maximum Gasteiger partial charge on any atom is 0.0797 e. The van der Waals surface area contributed by atoms with E-state index in [0.717, 1.165) is 47.7 Å². The molecule has 3 rings (SSSR count). The largest absolute Gasteiger partial charge is 0.385 e. The Morgan fingerprint density at radius 3 is 2.26 bits per heavy atom. The third-order valence-corrected chi connectivity index (χ3v) is 8.39. The fourth-order valence-electron chi connectivity index (χ4n) is 5.68. The number of nitrogens with one attached hydrogen (secondary N) is 1. The first-order chi connectivity index (χ1) is 21.6. The van der Waals surface area contributed by atoms with Gasteiger partial charge in [-0.25, -0.2) is 0 Å². The lowest BCUT2D eigenvalue weighted by atomic mass is 9.79. The molecule has 0 unspecified atom stereocenters. The Morgan fingerprint density at radius 1 is 1.07 bits per heavy atom. The molecule has 1 aliphatic carbocycles. The van der Waals surface area contributed by atoms with Gasteiger partial charge in [0.05, 0.1) is 27.7 Å². The first-order valence-electron chi connectivity index (χ1n) is 16.5. The maximum absolute atomic E-state index is 3.84. The van der Waals surface area contributed by atoms with E-state index >= 15 is 0 Å². The fraction of sp³-hybridized carbons (Fsp3) is 0.590. The van der Waals surface area contributed by atoms with E-state index in [4.69, 9.17) is 0 Å². The van der Waals surface area contributed by atoms with E-state index in [1.165, 1.54) is 35.6 Å². The topological polar surface area (TPSA) is 18.5 Å². The summed E-state index contributed by atoms with van der Waals surface area (Å²) in [5.74, 6) is 3.62. The van der Waals surface area contributed by atoms with Crippen LogP contribution < -0.4 is 5.32 Å². The molecule has 0 bridgehead atoms. The minimum Gasteiger partial charge on any atom is -0.385 e. The lowest BCUT2D eigenvalue weighted by molar-refractivity contribution is -0.870. The summed E-state index contributed by atoms with van der Waals surface area (Å²) in [7, 11) is 12.8. The molecule has 1 heterocycles. The molecule has 1 aliphatic heterocycles. The average Bonchev–Trinajstić information content (AvgIpc) is 3.21. The molecule has 2 aliphatic rings. The second-order valence-corrected chi connectivity index (χ2v) is 15.3. The highest BCUT2D eigenvalue weighted by molar-refractivity contribution is 9.11. The van der Waals surface area contributed by atoms with Crippen molar-refractivity contribution in [1.82, 2.24) is 9.80 Å². The van der Waals surface area contributed by atoms with Crippen molar-refractivity contribution in [2.75, 3.05) is 78.9 Å². The van der Waals surface area contributed by atoms with Gasteiger partial charge in [0.2, 0.25) is 0 Å². The van der Waals surface area contributed by atoms with Crippen molar-refractivity contribution in [3.8, 4) is 0 Å². The van der Waals surface area contributed by atoms with Crippen LogP contribution >= 0.6 is 47.8 Å². The highest BCUT2D eigenvalue weighted by atomic mass is 79.9. The van der Waals surface area contributed by atoms with Gasteiger partial charge in [-0.15, -0.1) is 0 Å². The number of allylic oxidation sites excluding steroid dienone is 8. The Hall–Kier alpha value is -1.12. The van der Waals surface area contributed by atoms with Gasteiger partial charge >= 0.3 is 0 Å². The second-order valence-electron chi connectivity index (χ2n) is 14.4. The Kier molecular flexibility index (Phi) is 22.0. The number of hydrogen-bond donors (Lipinski definition) is 1. The van der Waals surface area contributed by atoms with Crippen molar-refractivity contribution >= 4 is 53.5 Å². The normalized spacial score (nSPS) is 16.8. The molecule has 0 saturated heterocycles. The van der Waals surface area contributed by atoms with Crippen LogP contribution in [0.2, 0.25) is 0 Å². The van der Waals surface area contributed by atoms with Gasteiger partial charge in [-0.1, -0.05) is 119 Å². The van der Waals surface area contributed by atoms with E-state index in [1.54, 1.807) is 5.57 Å². The fourth-order valence-corrected chi connectivity index (χ4v) is 6.00. The Balaban J connectivity index is 0.00000230. The van der Waals surface area contributed by atoms with Crippen molar-refractivity contribution in [3.05, 3.63) is 87.7 Å². The molecule has 46 heavy (non-hydrogen) atoms. The number of alkyl halides is 2. The van der Waals surface area contributed by atoms with Crippen molar-refractivity contribution in [2.24, 2.45) is 5.41 Å². The third kappa shape index (κ3) is 15.4. The van der Waals surface area contributed by atoms with Crippen LogP contribution in [0.3, 0.4) is 0 Å². The maximum atomic E-state index is 3.84. The monoisotopic (exact) mass is 827 g/mol. The first-order valence-corrected chi connectivity index (χ1v) is 20.5. The molecule has 1 N–H and O–H groups in total. The number of rotatable bonds is 12. The summed E-state index contributed by atoms with van der Waals surface area (Å²) < 4.78 is 2.12. The van der Waals surface area contributed by atoms with E-state index in [-0.39, 0.29) is 10.8 Å². The van der Waals surface area contributed by atoms with Crippen LogP contribution in [0.25, 0.3) is 0 Å². The molecule has 0 atom stereocenters. The van der Waals surface area contributed by atoms with Crippen LogP contribution in [0.5, 0.6) is 0 Å². The molecule has 7 heteroatoms. The van der Waals surface area contributed by atoms with Crippen LogP contribution in [-0.4, -0.2) is 87.9 Å². The summed E-state index contributed by atoms with van der Waals surface area (Å²) in [5.41, 5.74) is 7.18. The standard InChI is InChI=1S/C34H51BrN3.C3H9N.2CH3Br/c1-9-24-36-30-19-12-10-17-28(30)33(2,3)23-14-16-27(35)21-22-32-34(4,5)29-18-11-13-20-31(29)37(32)25-15-26-38(6,7)8;1-4(2)3;2*1-2/h10,12-14,16-17,19-22,36H,9,11,15,18,23-26H2,1-8H3;1-3H3;2*1H3/q+1;;;/b16-14+,27-21-,32-22-;;;. The Morgan fingerprint density at radius 2 is 1.67 bits per heavy atom. The summed E-state index contributed by atoms with van der Waals surface area (Å²) in [6, 6.07) is 8.74. The van der Waals surface area contributed by atoms with E-state index in [1.807, 2.05) is 37.7 Å². The lowest BCUT2D eigenvalue weighted by Crippen LogP contribution is -2.37. The quantitative estimate of drug-likeness (QED) is 0.129. The van der Waals surface area contributed by atoms with E-state index in [2.05, 4.69) is 174 Å². The number of hydrogen-bond acceptors (Lipinski definition) is 3. The van der Waals surface area contributed by atoms with Crippen molar-refractivity contribution in [3.63, 3.8) is 0 Å². The predicted octanol–water partition coefficient (Wildman–Crippen LogP) is 11.1. The van der Waals surface area contributed by atoms with Gasteiger partial charge in [0.15, 0.2) is 0 Å². The van der Waals surface area contributed by atoms with Gasteiger partial charge in [0.25, 0.3) is 0 Å². The number of quaternary nitrogens is 1. The minimum absolute atomic E-state index is 0.0463. The number of benzene rings is 1. The van der Waals surface area contributed by atoms with Crippen molar-refractivity contribution in [2.45, 2.75) is 72.1 Å². The summed E-state index contributed by atoms with van der Waals surface area (Å²) in [6.45, 7) is 14.9. The highest BCUT2D eigenvalue weighted by Crippen LogP contribution is 2.50. The van der Waals surface area contributed by atoms with Gasteiger partial charge in [-0.3, -0.25) is 0 Å². The third-order valence-electron chi connectivity index (χ3n) is 7.86. The molecule has 0 aromatic heterocycles. The van der Waals surface area contributed by atoms with Crippen molar-refractivity contribution < 1.29 is 4.48 Å². The van der Waals surface area contributed by atoms with Gasteiger partial charge in [0.1, 0.15) is 0 Å². The predicted molar refractivity (Wildman–Crippen MR) is 220 cm³/mol. The van der Waals surface area contributed by atoms with Crippen LogP contribution in [0.4, 0.5) is 5.69 Å². The van der Waals surface area contributed by atoms with E-state index in [0.29, 0.717) is 0 Å². The zero-order valence-corrected chi connectivity index (χ0v) is 36.2. The van der Waals surface area contributed by atoms with Gasteiger partial charge < -0.3 is 19.6 Å². The smallest absolute Gasteiger partial charge is 0.0797 e. The van der Waals surface area contributed by atoms with Gasteiger partial charge in [0, 0.05) is 46.5 Å². The molecule has 1 aromatic carbocycles. The molecule has 262 valence electrons. The van der Waals surface area contributed by atoms with Crippen molar-refractivity contribution in [1.29, 1.82) is 0 Å². The number of halogens is 3. The Labute approximate surface area is 310 Å². The molecule has 4 nitrogen and oxygen atoms in total. The number of para-hydroxylation sites is 1. The lowest BCUT2D eigenvalue weighted by Gasteiger charge is -2.30. The minimum atomic E-state index is 0.0463. The summed E-state index contributed by atoms with van der Waals surface area (Å²) in [5, 5.41) is 3.61. The number of anilines is 1. The summed E-state index contributed by atoms with van der Waals surface area (Å²) in [4.78, 5) is 4.59. The SMILES string of the molecule is CBr.CBr.CCCNc1ccccc1C(C)(C)C/C=C/C(Br)=C/C=C1\N(CCC[N+](C)(C)C)C2=C(CCC=C2)C1(C)C.CN(C)C. The van der Waals surface area contributed by atoms with Gasteiger partial charge in [-0.05, 0) is 99.3 Å². The van der Waals surface area contributed by atoms with Crippen LogP contribution in [0.15, 0.2) is 82.2 Å². The van der Waals surface area contributed by atoms with E-state index < -0.39 is 0 Å². The molecule has 0 saturated carbocycles. The summed E-state index contributed by atoms with van der Waals surface area (Å²) >= 11 is 9.71. The molecule has 0 fully saturated rings. The number of nitrogens with zero attached hydrogens (tertiary/aromatic N) is 3. The molecule has 0 amide bonds. The molecule has 0 spiro atoms. The molecule has 1 aromatic rings. The van der Waals surface area contributed by atoms with Crippen LogP contribution in [0.1, 0.15) is 72.3 Å². The average molecular weight is 831 g/mol. The molecular formula is C39H66Br3N4+. The zero-order valence-electron chi connectivity index (χ0n) is 31.4. The van der Waals surface area contributed by atoms with E-state index in [9.17, 15) is 0 Å².